The van der Waals surface area contributed by atoms with Gasteiger partial charge in [-0.1, -0.05) is 0 Å². The Kier molecular flexibility index (Phi) is 4.77. The molecule has 0 aliphatic carbocycles. The highest BCUT2D eigenvalue weighted by Crippen LogP contribution is 2.18. The summed E-state index contributed by atoms with van der Waals surface area (Å²) in [5, 5.41) is 4.30. The lowest BCUT2D eigenvalue weighted by Gasteiger charge is -2.20. The van der Waals surface area contributed by atoms with Gasteiger partial charge in [-0.05, 0) is 40.4 Å². The van der Waals surface area contributed by atoms with E-state index < -0.39 is 0 Å². The number of carbonyl (C=O) groups excluding carboxylic acids is 1. The molecule has 0 aromatic carbocycles. The standard InChI is InChI=1S/C14H25N5O/c1-11-13(9-16-19(11)7-4-6-15)14(20)18-8-5-12(10-18)17(2)3/h9,12H,4-8,10,15H2,1-3H3. The summed E-state index contributed by atoms with van der Waals surface area (Å²) in [6, 6.07) is 0.464. The second kappa shape index (κ2) is 6.37. The van der Waals surface area contributed by atoms with E-state index in [1.807, 2.05) is 16.5 Å². The summed E-state index contributed by atoms with van der Waals surface area (Å²) >= 11 is 0. The predicted octanol–water partition coefficient (Wildman–Crippen LogP) is 0.316. The van der Waals surface area contributed by atoms with Crippen LogP contribution in [0.5, 0.6) is 0 Å². The van der Waals surface area contributed by atoms with Crippen molar-refractivity contribution in [2.24, 2.45) is 5.73 Å². The fourth-order valence-electron chi connectivity index (χ4n) is 2.64. The Labute approximate surface area is 120 Å². The van der Waals surface area contributed by atoms with E-state index in [4.69, 9.17) is 5.73 Å². The fraction of sp³-hybridized carbons (Fsp3) is 0.714. The summed E-state index contributed by atoms with van der Waals surface area (Å²) in [5.74, 6) is 0.103. The van der Waals surface area contributed by atoms with Gasteiger partial charge in [0.25, 0.3) is 5.91 Å². The number of hydrogen-bond acceptors (Lipinski definition) is 4. The average Bonchev–Trinajstić information content (AvgIpc) is 3.03. The summed E-state index contributed by atoms with van der Waals surface area (Å²) in [4.78, 5) is 16.7. The third-order valence-electron chi connectivity index (χ3n) is 4.09. The molecule has 1 unspecified atom stereocenters. The number of nitrogens with zero attached hydrogens (tertiary/aromatic N) is 4. The number of likely N-dealkylation sites (N-methyl/N-ethyl adjacent to an activating group) is 1. The van der Waals surface area contributed by atoms with Crippen molar-refractivity contribution in [2.75, 3.05) is 33.7 Å². The molecular formula is C14H25N5O. The molecule has 0 saturated carbocycles. The Morgan fingerprint density at radius 1 is 1.55 bits per heavy atom. The number of nitrogens with two attached hydrogens (primary N) is 1. The molecule has 6 nitrogen and oxygen atoms in total. The van der Waals surface area contributed by atoms with Crippen LogP contribution in [0.1, 0.15) is 28.9 Å². The van der Waals surface area contributed by atoms with E-state index in [0.29, 0.717) is 12.6 Å². The Balaban J connectivity index is 2.05. The molecular weight excluding hydrogens is 254 g/mol. The van der Waals surface area contributed by atoms with Gasteiger partial charge in [-0.3, -0.25) is 9.48 Å². The lowest BCUT2D eigenvalue weighted by molar-refractivity contribution is 0.0782. The highest BCUT2D eigenvalue weighted by Gasteiger charge is 2.29. The van der Waals surface area contributed by atoms with Gasteiger partial charge in [-0.25, -0.2) is 0 Å². The van der Waals surface area contributed by atoms with Gasteiger partial charge >= 0.3 is 0 Å². The van der Waals surface area contributed by atoms with E-state index in [1.54, 1.807) is 6.20 Å². The number of likely N-dealkylation sites (tertiary alicyclic amines) is 1. The molecule has 112 valence electrons. The molecule has 1 aromatic rings. The maximum absolute atomic E-state index is 12.6. The third kappa shape index (κ3) is 3.02. The molecule has 1 aromatic heterocycles. The van der Waals surface area contributed by atoms with Crippen LogP contribution in [0.15, 0.2) is 6.20 Å². The minimum atomic E-state index is 0.103. The highest BCUT2D eigenvalue weighted by atomic mass is 16.2. The van der Waals surface area contributed by atoms with Crippen molar-refractivity contribution in [1.82, 2.24) is 19.6 Å². The minimum Gasteiger partial charge on any atom is -0.337 e. The van der Waals surface area contributed by atoms with Crippen molar-refractivity contribution in [2.45, 2.75) is 32.4 Å². The molecule has 2 N–H and O–H groups in total. The molecule has 2 heterocycles. The minimum absolute atomic E-state index is 0.103. The number of rotatable bonds is 5. The summed E-state index contributed by atoms with van der Waals surface area (Å²) in [5.41, 5.74) is 7.18. The van der Waals surface area contributed by atoms with Crippen LogP contribution in [0.4, 0.5) is 0 Å². The highest BCUT2D eigenvalue weighted by molar-refractivity contribution is 5.95. The zero-order valence-corrected chi connectivity index (χ0v) is 12.7. The maximum Gasteiger partial charge on any atom is 0.257 e. The number of aryl methyl sites for hydroxylation is 1. The SMILES string of the molecule is Cc1c(C(=O)N2CCC(N(C)C)C2)cnn1CCCN. The number of amides is 1. The van der Waals surface area contributed by atoms with Gasteiger partial charge in [0.15, 0.2) is 0 Å². The first-order valence-electron chi connectivity index (χ1n) is 7.22. The summed E-state index contributed by atoms with van der Waals surface area (Å²) < 4.78 is 1.87. The molecule has 0 spiro atoms. The van der Waals surface area contributed by atoms with Crippen LogP contribution < -0.4 is 5.73 Å². The van der Waals surface area contributed by atoms with Gasteiger partial charge in [-0.2, -0.15) is 5.10 Å². The molecule has 6 heteroatoms. The Morgan fingerprint density at radius 3 is 2.90 bits per heavy atom. The predicted molar refractivity (Wildman–Crippen MR) is 78.6 cm³/mol. The van der Waals surface area contributed by atoms with Crippen LogP contribution in [-0.4, -0.2) is 65.3 Å². The van der Waals surface area contributed by atoms with E-state index >= 15 is 0 Å². The van der Waals surface area contributed by atoms with Crippen molar-refractivity contribution >= 4 is 5.91 Å². The Morgan fingerprint density at radius 2 is 2.30 bits per heavy atom. The van der Waals surface area contributed by atoms with E-state index in [9.17, 15) is 4.79 Å². The molecule has 1 aliphatic heterocycles. The average molecular weight is 279 g/mol. The zero-order chi connectivity index (χ0) is 14.7. The number of hydrogen-bond donors (Lipinski definition) is 1. The first kappa shape index (κ1) is 15.0. The topological polar surface area (TPSA) is 67.4 Å². The second-order valence-electron chi connectivity index (χ2n) is 5.67. The van der Waals surface area contributed by atoms with Gasteiger partial charge in [0.2, 0.25) is 0 Å². The van der Waals surface area contributed by atoms with Crippen molar-refractivity contribution in [3.63, 3.8) is 0 Å². The zero-order valence-electron chi connectivity index (χ0n) is 12.7. The van der Waals surface area contributed by atoms with Gasteiger partial charge in [-0.15, -0.1) is 0 Å². The first-order chi connectivity index (χ1) is 9.54. The van der Waals surface area contributed by atoms with E-state index in [1.165, 1.54) is 0 Å². The van der Waals surface area contributed by atoms with E-state index in [0.717, 1.165) is 43.7 Å². The van der Waals surface area contributed by atoms with Crippen LogP contribution in [0.3, 0.4) is 0 Å². The van der Waals surface area contributed by atoms with Crippen LogP contribution in [0, 0.1) is 6.92 Å². The van der Waals surface area contributed by atoms with Crippen molar-refractivity contribution < 1.29 is 4.79 Å². The fourth-order valence-corrected chi connectivity index (χ4v) is 2.64. The molecule has 1 fully saturated rings. The van der Waals surface area contributed by atoms with Crippen LogP contribution in [0.2, 0.25) is 0 Å². The van der Waals surface area contributed by atoms with E-state index in [2.05, 4.69) is 24.1 Å². The molecule has 1 atom stereocenters. The van der Waals surface area contributed by atoms with Gasteiger partial charge in [0, 0.05) is 31.4 Å². The summed E-state index contributed by atoms with van der Waals surface area (Å²) in [6.07, 6.45) is 3.61. The smallest absolute Gasteiger partial charge is 0.257 e. The third-order valence-corrected chi connectivity index (χ3v) is 4.09. The summed E-state index contributed by atoms with van der Waals surface area (Å²) in [7, 11) is 4.13. The monoisotopic (exact) mass is 279 g/mol. The quantitative estimate of drug-likeness (QED) is 0.843. The van der Waals surface area contributed by atoms with Crippen molar-refractivity contribution in [1.29, 1.82) is 0 Å². The second-order valence-corrected chi connectivity index (χ2v) is 5.67. The number of aromatic nitrogens is 2. The van der Waals surface area contributed by atoms with Crippen LogP contribution in [0.25, 0.3) is 0 Å². The van der Waals surface area contributed by atoms with Crippen LogP contribution in [-0.2, 0) is 6.54 Å². The van der Waals surface area contributed by atoms with Crippen LogP contribution >= 0.6 is 0 Å². The lowest BCUT2D eigenvalue weighted by Crippen LogP contribution is -2.34. The molecule has 1 amide bonds. The Hall–Kier alpha value is -1.40. The van der Waals surface area contributed by atoms with Gasteiger partial charge in [0.05, 0.1) is 11.8 Å². The molecule has 1 aliphatic rings. The molecule has 0 radical (unpaired) electrons. The number of carbonyl (C=O) groups is 1. The van der Waals surface area contributed by atoms with E-state index in [-0.39, 0.29) is 5.91 Å². The van der Waals surface area contributed by atoms with Crippen molar-refractivity contribution in [3.8, 4) is 0 Å². The first-order valence-corrected chi connectivity index (χ1v) is 7.22. The van der Waals surface area contributed by atoms with Gasteiger partial charge in [0.1, 0.15) is 0 Å². The van der Waals surface area contributed by atoms with Gasteiger partial charge < -0.3 is 15.5 Å². The van der Waals surface area contributed by atoms with Crippen molar-refractivity contribution in [3.05, 3.63) is 17.5 Å². The maximum atomic E-state index is 12.6. The normalized spacial score (nSPS) is 19.1. The lowest BCUT2D eigenvalue weighted by atomic mass is 10.2. The molecule has 20 heavy (non-hydrogen) atoms. The summed E-state index contributed by atoms with van der Waals surface area (Å²) in [6.45, 7) is 5.00. The molecule has 0 bridgehead atoms. The largest absolute Gasteiger partial charge is 0.337 e. The molecule has 2 rings (SSSR count). The Bertz CT molecular complexity index is 468. The molecule has 1 saturated heterocycles.